The van der Waals surface area contributed by atoms with Crippen LogP contribution in [-0.4, -0.2) is 37.5 Å². The number of sulfonamides is 1. The third kappa shape index (κ3) is 4.07. The van der Waals surface area contributed by atoms with Gasteiger partial charge in [0.05, 0.1) is 4.90 Å². The molecule has 1 atom stereocenters. The van der Waals surface area contributed by atoms with Gasteiger partial charge in [-0.15, -0.1) is 0 Å². The zero-order valence-corrected chi connectivity index (χ0v) is 15.1. The number of nitrogens with two attached hydrogens (primary N) is 1. The number of rotatable bonds is 4. The van der Waals surface area contributed by atoms with E-state index in [0.717, 1.165) is 17.3 Å². The van der Waals surface area contributed by atoms with Gasteiger partial charge in [-0.3, -0.25) is 0 Å². The monoisotopic (exact) mass is 396 g/mol. The van der Waals surface area contributed by atoms with Crippen molar-refractivity contribution in [2.75, 3.05) is 29.5 Å². The van der Waals surface area contributed by atoms with Gasteiger partial charge in [-0.05, 0) is 24.6 Å². The van der Waals surface area contributed by atoms with Gasteiger partial charge in [0, 0.05) is 39.2 Å². The van der Waals surface area contributed by atoms with E-state index in [1.165, 1.54) is 0 Å². The van der Waals surface area contributed by atoms with Crippen LogP contribution in [0.3, 0.4) is 0 Å². The smallest absolute Gasteiger partial charge is 0.240 e. The van der Waals surface area contributed by atoms with Crippen LogP contribution in [0.15, 0.2) is 21.5 Å². The van der Waals surface area contributed by atoms with Gasteiger partial charge in [-0.2, -0.15) is 23.5 Å². The molecular weight excluding hydrogens is 380 g/mol. The minimum atomic E-state index is -3.52. The fourth-order valence-corrected chi connectivity index (χ4v) is 6.61. The van der Waals surface area contributed by atoms with Crippen LogP contribution in [0.4, 0.5) is 5.69 Å². The molecule has 1 heterocycles. The van der Waals surface area contributed by atoms with Crippen molar-refractivity contribution in [3.63, 3.8) is 0 Å². The van der Waals surface area contributed by atoms with Crippen molar-refractivity contribution in [2.24, 2.45) is 0 Å². The van der Waals surface area contributed by atoms with Crippen LogP contribution >= 0.6 is 39.5 Å². The van der Waals surface area contributed by atoms with Crippen molar-refractivity contribution >= 4 is 55.2 Å². The molecule has 1 aromatic rings. The molecule has 1 aromatic carbocycles. The molecule has 0 spiro atoms. The zero-order valence-electron chi connectivity index (χ0n) is 11.1. The molecule has 1 aliphatic heterocycles. The third-order valence-electron chi connectivity index (χ3n) is 3.04. The lowest BCUT2D eigenvalue weighted by Gasteiger charge is -2.21. The fraction of sp³-hybridized carbons (Fsp3) is 0.500. The van der Waals surface area contributed by atoms with E-state index in [4.69, 9.17) is 5.73 Å². The molecule has 112 valence electrons. The lowest BCUT2D eigenvalue weighted by atomic mass is 10.2. The molecule has 1 fully saturated rings. The summed E-state index contributed by atoms with van der Waals surface area (Å²) in [4.78, 5) is 0.248. The molecule has 20 heavy (non-hydrogen) atoms. The molecular formula is C12H17BrN2O2S3. The SMILES string of the molecule is Cc1c(N)cc(Br)cc1S(=O)(=O)NCC1CSCCS1. The first-order valence-corrected chi connectivity index (χ1v) is 10.6. The van der Waals surface area contributed by atoms with Gasteiger partial charge in [0.2, 0.25) is 10.0 Å². The molecule has 0 bridgehead atoms. The maximum atomic E-state index is 12.4. The quantitative estimate of drug-likeness (QED) is 0.764. The molecule has 2 rings (SSSR count). The Morgan fingerprint density at radius 3 is 2.85 bits per heavy atom. The maximum Gasteiger partial charge on any atom is 0.240 e. The van der Waals surface area contributed by atoms with Gasteiger partial charge in [-0.1, -0.05) is 15.9 Å². The molecule has 4 nitrogen and oxygen atoms in total. The highest BCUT2D eigenvalue weighted by Crippen LogP contribution is 2.27. The first-order chi connectivity index (χ1) is 9.40. The molecule has 1 unspecified atom stereocenters. The normalized spacial score (nSPS) is 20.0. The summed E-state index contributed by atoms with van der Waals surface area (Å²) in [5, 5.41) is 0.341. The average Bonchev–Trinajstić information content (AvgIpc) is 2.42. The summed E-state index contributed by atoms with van der Waals surface area (Å²) >= 11 is 6.99. The number of hydrogen-bond acceptors (Lipinski definition) is 5. The molecule has 0 saturated carbocycles. The first-order valence-electron chi connectivity index (χ1n) is 6.15. The summed E-state index contributed by atoms with van der Waals surface area (Å²) in [5.74, 6) is 3.22. The van der Waals surface area contributed by atoms with E-state index >= 15 is 0 Å². The van der Waals surface area contributed by atoms with Gasteiger partial charge < -0.3 is 5.73 Å². The average molecular weight is 397 g/mol. The van der Waals surface area contributed by atoms with E-state index in [1.54, 1.807) is 19.1 Å². The Labute approximate surface area is 136 Å². The Hall–Kier alpha value is 0.110. The van der Waals surface area contributed by atoms with Gasteiger partial charge in [-0.25, -0.2) is 13.1 Å². The molecule has 0 aliphatic carbocycles. The zero-order chi connectivity index (χ0) is 14.8. The Balaban J connectivity index is 2.14. The first kappa shape index (κ1) is 16.5. The van der Waals surface area contributed by atoms with E-state index in [-0.39, 0.29) is 4.90 Å². The third-order valence-corrected chi connectivity index (χ3v) is 7.89. The largest absolute Gasteiger partial charge is 0.398 e. The van der Waals surface area contributed by atoms with Gasteiger partial charge in [0.15, 0.2) is 0 Å². The summed E-state index contributed by atoms with van der Waals surface area (Å²) in [6.07, 6.45) is 0. The molecule has 0 aromatic heterocycles. The van der Waals surface area contributed by atoms with E-state index < -0.39 is 10.0 Å². The molecule has 3 N–H and O–H groups in total. The molecule has 1 aliphatic rings. The van der Waals surface area contributed by atoms with E-state index in [1.807, 2.05) is 23.5 Å². The summed E-state index contributed by atoms with van der Waals surface area (Å²) < 4.78 is 28.2. The highest BCUT2D eigenvalue weighted by Gasteiger charge is 2.22. The highest BCUT2D eigenvalue weighted by molar-refractivity contribution is 9.10. The Morgan fingerprint density at radius 1 is 1.45 bits per heavy atom. The number of benzene rings is 1. The van der Waals surface area contributed by atoms with Gasteiger partial charge >= 0.3 is 0 Å². The topological polar surface area (TPSA) is 72.2 Å². The van der Waals surface area contributed by atoms with E-state index in [2.05, 4.69) is 20.7 Å². The number of nitrogens with one attached hydrogen (secondary N) is 1. The predicted molar refractivity (Wildman–Crippen MR) is 92.1 cm³/mol. The summed E-state index contributed by atoms with van der Waals surface area (Å²) in [5.41, 5.74) is 6.89. The summed E-state index contributed by atoms with van der Waals surface area (Å²) in [7, 11) is -3.52. The number of halogens is 1. The van der Waals surface area contributed by atoms with Crippen LogP contribution in [0.5, 0.6) is 0 Å². The maximum absolute atomic E-state index is 12.4. The minimum absolute atomic E-state index is 0.248. The van der Waals surface area contributed by atoms with E-state index in [0.29, 0.717) is 27.5 Å². The Morgan fingerprint density at radius 2 is 2.20 bits per heavy atom. The van der Waals surface area contributed by atoms with Crippen molar-refractivity contribution in [3.05, 3.63) is 22.2 Å². The molecule has 0 amide bonds. The number of hydrogen-bond donors (Lipinski definition) is 2. The van der Waals surface area contributed by atoms with E-state index in [9.17, 15) is 8.42 Å². The van der Waals surface area contributed by atoms with Crippen molar-refractivity contribution < 1.29 is 8.42 Å². The molecule has 1 saturated heterocycles. The lowest BCUT2D eigenvalue weighted by molar-refractivity contribution is 0.581. The second-order valence-corrected chi connectivity index (χ2v) is 9.75. The van der Waals surface area contributed by atoms with Crippen molar-refractivity contribution in [1.29, 1.82) is 0 Å². The Bertz CT molecular complexity index is 587. The molecule has 0 radical (unpaired) electrons. The highest BCUT2D eigenvalue weighted by atomic mass is 79.9. The molecule has 8 heteroatoms. The number of nitrogen functional groups attached to an aromatic ring is 1. The van der Waals surface area contributed by atoms with Crippen LogP contribution in [0, 0.1) is 6.92 Å². The Kier molecular flexibility index (Phi) is 5.70. The predicted octanol–water partition coefficient (Wildman–Crippen LogP) is 2.47. The van der Waals surface area contributed by atoms with Crippen molar-refractivity contribution in [3.8, 4) is 0 Å². The van der Waals surface area contributed by atoms with Crippen LogP contribution in [0.2, 0.25) is 0 Å². The fourth-order valence-electron chi connectivity index (χ4n) is 1.89. The van der Waals surface area contributed by atoms with Gasteiger partial charge in [0.25, 0.3) is 0 Å². The summed E-state index contributed by atoms with van der Waals surface area (Å²) in [6.45, 7) is 2.19. The van der Waals surface area contributed by atoms with Crippen LogP contribution < -0.4 is 10.5 Å². The standard InChI is InChI=1S/C12H17BrN2O2S3/c1-8-11(14)4-9(13)5-12(8)20(16,17)15-6-10-7-18-2-3-19-10/h4-5,10,15H,2-3,6-7,14H2,1H3. The van der Waals surface area contributed by atoms with Crippen LogP contribution in [0.1, 0.15) is 5.56 Å². The van der Waals surface area contributed by atoms with Crippen LogP contribution in [0.25, 0.3) is 0 Å². The van der Waals surface area contributed by atoms with Gasteiger partial charge in [0.1, 0.15) is 0 Å². The second-order valence-electron chi connectivity index (χ2n) is 4.54. The minimum Gasteiger partial charge on any atom is -0.398 e. The lowest BCUT2D eigenvalue weighted by Crippen LogP contribution is -2.33. The summed E-state index contributed by atoms with van der Waals surface area (Å²) in [6, 6.07) is 3.30. The van der Waals surface area contributed by atoms with Crippen molar-refractivity contribution in [2.45, 2.75) is 17.1 Å². The van der Waals surface area contributed by atoms with Crippen LogP contribution in [-0.2, 0) is 10.0 Å². The second kappa shape index (κ2) is 6.91. The number of anilines is 1. The van der Waals surface area contributed by atoms with Crippen molar-refractivity contribution in [1.82, 2.24) is 4.72 Å². The number of thioether (sulfide) groups is 2.